The monoisotopic (exact) mass is 319 g/mol. The first-order valence-corrected chi connectivity index (χ1v) is 7.46. The minimum Gasteiger partial charge on any atom is -0.374 e. The molecule has 1 atom stereocenters. The molecule has 1 fully saturated rings. The third-order valence-corrected chi connectivity index (χ3v) is 3.90. The number of benzene rings is 1. The molecule has 0 aromatic heterocycles. The summed E-state index contributed by atoms with van der Waals surface area (Å²) < 4.78 is 0. The number of carbonyl (C=O) groups is 2. The van der Waals surface area contributed by atoms with Crippen molar-refractivity contribution in [2.75, 3.05) is 11.9 Å². The molecular formula is C16H21N3O4. The first kappa shape index (κ1) is 16.9. The van der Waals surface area contributed by atoms with Crippen molar-refractivity contribution < 1.29 is 14.5 Å². The molecule has 0 spiro atoms. The van der Waals surface area contributed by atoms with Crippen molar-refractivity contribution in [3.05, 3.63) is 33.9 Å². The van der Waals surface area contributed by atoms with Gasteiger partial charge in [0.25, 0.3) is 5.69 Å². The summed E-state index contributed by atoms with van der Waals surface area (Å²) in [5, 5.41) is 14.3. The predicted octanol–water partition coefficient (Wildman–Crippen LogP) is 2.61. The van der Waals surface area contributed by atoms with Gasteiger partial charge in [0.05, 0.1) is 11.0 Å². The van der Waals surface area contributed by atoms with Gasteiger partial charge in [-0.1, -0.05) is 0 Å². The van der Waals surface area contributed by atoms with Gasteiger partial charge in [-0.05, 0) is 39.8 Å². The van der Waals surface area contributed by atoms with E-state index in [0.717, 1.165) is 0 Å². The highest BCUT2D eigenvalue weighted by Gasteiger charge is 2.36. The molecule has 1 aromatic rings. The number of Topliss-reactive ketones (excluding diaryl/α,β-unsaturated/α-hetero) is 1. The molecule has 0 saturated carbocycles. The number of rotatable bonds is 4. The first-order chi connectivity index (χ1) is 10.6. The first-order valence-electron chi connectivity index (χ1n) is 7.46. The Morgan fingerprint density at radius 1 is 1.39 bits per heavy atom. The fourth-order valence-electron chi connectivity index (χ4n) is 2.70. The van der Waals surface area contributed by atoms with Crippen LogP contribution in [0.25, 0.3) is 0 Å². The normalized spacial score (nSPS) is 18.2. The van der Waals surface area contributed by atoms with E-state index in [4.69, 9.17) is 0 Å². The number of hydrogen-bond acceptors (Lipinski definition) is 5. The number of nitrogens with one attached hydrogen (secondary N) is 1. The average molecular weight is 319 g/mol. The predicted molar refractivity (Wildman–Crippen MR) is 86.6 cm³/mol. The number of nitrogens with zero attached hydrogens (tertiary/aromatic N) is 2. The zero-order valence-corrected chi connectivity index (χ0v) is 13.8. The molecule has 1 aliphatic rings. The van der Waals surface area contributed by atoms with Crippen LogP contribution in [0.15, 0.2) is 18.2 Å². The SMILES string of the molecule is CC(=O)c1ccc(NC2CC(=O)N(C(C)(C)C)C2)c([N+](=O)[O-])c1. The zero-order valence-electron chi connectivity index (χ0n) is 13.8. The summed E-state index contributed by atoms with van der Waals surface area (Å²) in [7, 11) is 0. The van der Waals surface area contributed by atoms with Crippen LogP contribution in [-0.4, -0.2) is 39.6 Å². The van der Waals surface area contributed by atoms with E-state index in [1.165, 1.54) is 19.1 Å². The smallest absolute Gasteiger partial charge is 0.293 e. The van der Waals surface area contributed by atoms with Gasteiger partial charge >= 0.3 is 0 Å². The third kappa shape index (κ3) is 3.67. The van der Waals surface area contributed by atoms with Gasteiger partial charge in [-0.3, -0.25) is 19.7 Å². The summed E-state index contributed by atoms with van der Waals surface area (Å²) in [4.78, 5) is 35.9. The molecule has 1 aromatic carbocycles. The van der Waals surface area contributed by atoms with Crippen LogP contribution >= 0.6 is 0 Å². The van der Waals surface area contributed by atoms with E-state index in [1.807, 2.05) is 20.8 Å². The minimum atomic E-state index is -0.521. The number of ketones is 1. The van der Waals surface area contributed by atoms with E-state index < -0.39 is 4.92 Å². The highest BCUT2D eigenvalue weighted by Crippen LogP contribution is 2.29. The number of hydrogen-bond donors (Lipinski definition) is 1. The van der Waals surface area contributed by atoms with Crippen LogP contribution < -0.4 is 5.32 Å². The second-order valence-electron chi connectivity index (χ2n) is 6.77. The van der Waals surface area contributed by atoms with Gasteiger partial charge in [-0.15, -0.1) is 0 Å². The summed E-state index contributed by atoms with van der Waals surface area (Å²) in [6.45, 7) is 7.73. The van der Waals surface area contributed by atoms with Crippen LogP contribution in [0.4, 0.5) is 11.4 Å². The zero-order chi connectivity index (χ0) is 17.4. The van der Waals surface area contributed by atoms with E-state index in [9.17, 15) is 19.7 Å². The van der Waals surface area contributed by atoms with Crippen molar-refractivity contribution in [2.24, 2.45) is 0 Å². The quantitative estimate of drug-likeness (QED) is 0.523. The van der Waals surface area contributed by atoms with Crippen LogP contribution in [0.2, 0.25) is 0 Å². The molecule has 2 rings (SSSR count). The standard InChI is InChI=1S/C16H21N3O4/c1-10(20)11-5-6-13(14(7-11)19(22)23)17-12-8-15(21)18(9-12)16(2,3)4/h5-7,12,17H,8-9H2,1-4H3. The molecule has 7 heteroatoms. The summed E-state index contributed by atoms with van der Waals surface area (Å²) in [6, 6.07) is 4.15. The summed E-state index contributed by atoms with van der Waals surface area (Å²) in [5.74, 6) is -0.201. The Bertz CT molecular complexity index is 664. The van der Waals surface area contributed by atoms with E-state index in [1.54, 1.807) is 11.0 Å². The molecule has 0 radical (unpaired) electrons. The van der Waals surface area contributed by atoms with Crippen molar-refractivity contribution in [3.63, 3.8) is 0 Å². The molecule has 0 bridgehead atoms. The Balaban J connectivity index is 2.23. The highest BCUT2D eigenvalue weighted by molar-refractivity contribution is 5.95. The Morgan fingerprint density at radius 2 is 2.04 bits per heavy atom. The van der Waals surface area contributed by atoms with Crippen molar-refractivity contribution >= 4 is 23.1 Å². The number of carbonyl (C=O) groups excluding carboxylic acids is 2. The maximum atomic E-state index is 12.1. The molecule has 23 heavy (non-hydrogen) atoms. The Hall–Kier alpha value is -2.44. The van der Waals surface area contributed by atoms with Gasteiger partial charge in [0.2, 0.25) is 5.91 Å². The molecule has 1 heterocycles. The molecule has 124 valence electrons. The summed E-state index contributed by atoms with van der Waals surface area (Å²) >= 11 is 0. The lowest BCUT2D eigenvalue weighted by atomic mass is 10.1. The third-order valence-electron chi connectivity index (χ3n) is 3.90. The number of anilines is 1. The van der Waals surface area contributed by atoms with Crippen LogP contribution in [0, 0.1) is 10.1 Å². The van der Waals surface area contributed by atoms with E-state index in [-0.39, 0.29) is 29.0 Å². The van der Waals surface area contributed by atoms with Crippen LogP contribution in [0.1, 0.15) is 44.5 Å². The Kier molecular flexibility index (Phi) is 4.40. The van der Waals surface area contributed by atoms with Gasteiger partial charge in [0, 0.05) is 30.1 Å². The molecule has 0 aliphatic carbocycles. The van der Waals surface area contributed by atoms with Gasteiger partial charge < -0.3 is 10.2 Å². The summed E-state index contributed by atoms with van der Waals surface area (Å²) in [6.07, 6.45) is 0.295. The average Bonchev–Trinajstić information content (AvgIpc) is 2.79. The fourth-order valence-corrected chi connectivity index (χ4v) is 2.70. The molecular weight excluding hydrogens is 298 g/mol. The summed E-state index contributed by atoms with van der Waals surface area (Å²) in [5.41, 5.74) is 0.187. The maximum absolute atomic E-state index is 12.1. The van der Waals surface area contributed by atoms with Crippen molar-refractivity contribution in [1.29, 1.82) is 0 Å². The second-order valence-corrected chi connectivity index (χ2v) is 6.77. The lowest BCUT2D eigenvalue weighted by Crippen LogP contribution is -2.43. The van der Waals surface area contributed by atoms with E-state index in [0.29, 0.717) is 24.2 Å². The molecule has 1 aliphatic heterocycles. The Morgan fingerprint density at radius 3 is 2.52 bits per heavy atom. The molecule has 1 N–H and O–H groups in total. The Labute approximate surface area is 134 Å². The van der Waals surface area contributed by atoms with Gasteiger partial charge in [0.1, 0.15) is 5.69 Å². The van der Waals surface area contributed by atoms with Crippen molar-refractivity contribution in [1.82, 2.24) is 4.90 Å². The van der Waals surface area contributed by atoms with E-state index in [2.05, 4.69) is 5.32 Å². The van der Waals surface area contributed by atoms with Crippen molar-refractivity contribution in [2.45, 2.75) is 45.7 Å². The number of amides is 1. The minimum absolute atomic E-state index is 0.0259. The van der Waals surface area contributed by atoms with Gasteiger partial charge in [-0.2, -0.15) is 0 Å². The van der Waals surface area contributed by atoms with Crippen LogP contribution in [0.5, 0.6) is 0 Å². The molecule has 1 amide bonds. The highest BCUT2D eigenvalue weighted by atomic mass is 16.6. The van der Waals surface area contributed by atoms with Crippen molar-refractivity contribution in [3.8, 4) is 0 Å². The van der Waals surface area contributed by atoms with Gasteiger partial charge in [0.15, 0.2) is 5.78 Å². The number of likely N-dealkylation sites (tertiary alicyclic amines) is 1. The second kappa shape index (κ2) is 5.98. The van der Waals surface area contributed by atoms with E-state index >= 15 is 0 Å². The lowest BCUT2D eigenvalue weighted by Gasteiger charge is -2.32. The lowest BCUT2D eigenvalue weighted by molar-refractivity contribution is -0.384. The largest absolute Gasteiger partial charge is 0.374 e. The van der Waals surface area contributed by atoms with Gasteiger partial charge in [-0.25, -0.2) is 0 Å². The molecule has 7 nitrogen and oxygen atoms in total. The topological polar surface area (TPSA) is 92.6 Å². The van der Waals surface area contributed by atoms with Crippen LogP contribution in [-0.2, 0) is 4.79 Å². The fraction of sp³-hybridized carbons (Fsp3) is 0.500. The van der Waals surface area contributed by atoms with Crippen LogP contribution in [0.3, 0.4) is 0 Å². The maximum Gasteiger partial charge on any atom is 0.293 e. The molecule has 1 saturated heterocycles. The number of nitro groups is 1. The molecule has 1 unspecified atom stereocenters. The number of nitro benzene ring substituents is 1.